The predicted molar refractivity (Wildman–Crippen MR) is 59.5 cm³/mol. The summed E-state index contributed by atoms with van der Waals surface area (Å²) in [4.78, 5) is 24.2. The third kappa shape index (κ3) is 3.30. The highest BCUT2D eigenvalue weighted by atomic mass is 16.5. The van der Waals surface area contributed by atoms with E-state index in [0.29, 0.717) is 6.42 Å². The van der Waals surface area contributed by atoms with Gasteiger partial charge in [-0.25, -0.2) is 4.79 Å². The number of carbonyl (C=O) groups is 2. The van der Waals surface area contributed by atoms with Crippen LogP contribution in [-0.4, -0.2) is 40.1 Å². The van der Waals surface area contributed by atoms with E-state index in [1.165, 1.54) is 24.4 Å². The van der Waals surface area contributed by atoms with Crippen LogP contribution in [0.4, 0.5) is 0 Å². The Balaban J connectivity index is 2.81. The zero-order valence-corrected chi connectivity index (χ0v) is 10.1. The SMILES string of the molecule is CC(C)CC(C(=O)O)N(C)C(=O)c1cnoc1. The summed E-state index contributed by atoms with van der Waals surface area (Å²) in [6.07, 6.45) is 2.88. The van der Waals surface area contributed by atoms with E-state index < -0.39 is 17.9 Å². The summed E-state index contributed by atoms with van der Waals surface area (Å²) >= 11 is 0. The zero-order valence-electron chi connectivity index (χ0n) is 10.1. The normalized spacial score (nSPS) is 12.5. The Bertz CT molecular complexity index is 386. The fourth-order valence-electron chi connectivity index (χ4n) is 1.53. The van der Waals surface area contributed by atoms with Gasteiger partial charge in [-0.3, -0.25) is 4.79 Å². The molecule has 6 nitrogen and oxygen atoms in total. The van der Waals surface area contributed by atoms with Crippen LogP contribution in [0, 0.1) is 5.92 Å². The first-order chi connectivity index (χ1) is 7.93. The minimum atomic E-state index is -1.01. The van der Waals surface area contributed by atoms with Crippen molar-refractivity contribution in [2.24, 2.45) is 5.92 Å². The van der Waals surface area contributed by atoms with Crippen molar-refractivity contribution in [1.29, 1.82) is 0 Å². The number of carboxylic acids is 1. The number of aromatic nitrogens is 1. The highest BCUT2D eigenvalue weighted by Crippen LogP contribution is 2.13. The summed E-state index contributed by atoms with van der Waals surface area (Å²) in [5, 5.41) is 12.5. The van der Waals surface area contributed by atoms with Crippen LogP contribution in [0.15, 0.2) is 17.0 Å². The molecule has 1 aromatic rings. The molecule has 0 radical (unpaired) electrons. The summed E-state index contributed by atoms with van der Waals surface area (Å²) in [7, 11) is 1.47. The van der Waals surface area contributed by atoms with Crippen LogP contribution < -0.4 is 0 Å². The fraction of sp³-hybridized carbons (Fsp3) is 0.545. The van der Waals surface area contributed by atoms with Crippen molar-refractivity contribution < 1.29 is 19.2 Å². The number of amides is 1. The van der Waals surface area contributed by atoms with Crippen LogP contribution in [0.25, 0.3) is 0 Å². The molecule has 17 heavy (non-hydrogen) atoms. The maximum Gasteiger partial charge on any atom is 0.326 e. The number of carboxylic acid groups (broad SMARTS) is 1. The molecule has 0 saturated carbocycles. The van der Waals surface area contributed by atoms with Crippen LogP contribution >= 0.6 is 0 Å². The van der Waals surface area contributed by atoms with Crippen LogP contribution in [0.3, 0.4) is 0 Å². The third-order valence-corrected chi connectivity index (χ3v) is 2.45. The number of rotatable bonds is 5. The van der Waals surface area contributed by atoms with Gasteiger partial charge in [-0.15, -0.1) is 0 Å². The van der Waals surface area contributed by atoms with E-state index in [0.717, 1.165) is 0 Å². The van der Waals surface area contributed by atoms with E-state index in [1.807, 2.05) is 13.8 Å². The largest absolute Gasteiger partial charge is 0.480 e. The topological polar surface area (TPSA) is 83.6 Å². The Hall–Kier alpha value is -1.85. The highest BCUT2D eigenvalue weighted by Gasteiger charge is 2.28. The molecular formula is C11H16N2O4. The molecule has 1 amide bonds. The standard InChI is InChI=1S/C11H16N2O4/c1-7(2)4-9(11(15)16)13(3)10(14)8-5-12-17-6-8/h5-7,9H,4H2,1-3H3,(H,15,16). The van der Waals surface area contributed by atoms with Crippen molar-refractivity contribution in [3.05, 3.63) is 18.0 Å². The van der Waals surface area contributed by atoms with Gasteiger partial charge in [0.1, 0.15) is 12.3 Å². The number of likely N-dealkylation sites (N-methyl/N-ethyl adjacent to an activating group) is 1. The maximum atomic E-state index is 11.9. The van der Waals surface area contributed by atoms with Crippen molar-refractivity contribution in [2.45, 2.75) is 26.3 Å². The molecule has 0 saturated heterocycles. The quantitative estimate of drug-likeness (QED) is 0.837. The van der Waals surface area contributed by atoms with E-state index in [4.69, 9.17) is 5.11 Å². The molecule has 0 aliphatic rings. The molecule has 94 valence electrons. The van der Waals surface area contributed by atoms with Crippen LogP contribution in [0.2, 0.25) is 0 Å². The minimum absolute atomic E-state index is 0.189. The molecule has 0 aliphatic heterocycles. The Labute approximate surface area is 99.2 Å². The molecule has 0 aromatic carbocycles. The summed E-state index contributed by atoms with van der Waals surface area (Å²) in [5.74, 6) is -1.22. The summed E-state index contributed by atoms with van der Waals surface area (Å²) in [6.45, 7) is 3.82. The van der Waals surface area contributed by atoms with Crippen molar-refractivity contribution in [3.8, 4) is 0 Å². The Morgan fingerprint density at radius 2 is 2.18 bits per heavy atom. The Morgan fingerprint density at radius 3 is 2.59 bits per heavy atom. The number of nitrogens with zero attached hydrogens (tertiary/aromatic N) is 2. The second kappa shape index (κ2) is 5.47. The maximum absolute atomic E-state index is 11.9. The number of carbonyl (C=O) groups excluding carboxylic acids is 1. The van der Waals surface area contributed by atoms with Gasteiger partial charge in [0, 0.05) is 7.05 Å². The van der Waals surface area contributed by atoms with Gasteiger partial charge in [0.15, 0.2) is 0 Å². The minimum Gasteiger partial charge on any atom is -0.480 e. The van der Waals surface area contributed by atoms with E-state index in [2.05, 4.69) is 9.68 Å². The first-order valence-electron chi connectivity index (χ1n) is 5.32. The first kappa shape index (κ1) is 13.2. The van der Waals surface area contributed by atoms with Crippen molar-refractivity contribution >= 4 is 11.9 Å². The molecule has 6 heteroatoms. The van der Waals surface area contributed by atoms with Crippen LogP contribution in [0.1, 0.15) is 30.6 Å². The molecule has 1 unspecified atom stereocenters. The van der Waals surface area contributed by atoms with Gasteiger partial charge in [-0.05, 0) is 12.3 Å². The van der Waals surface area contributed by atoms with Gasteiger partial charge in [-0.2, -0.15) is 0 Å². The van der Waals surface area contributed by atoms with Crippen molar-refractivity contribution in [3.63, 3.8) is 0 Å². The lowest BCUT2D eigenvalue weighted by Gasteiger charge is -2.25. The van der Waals surface area contributed by atoms with Gasteiger partial charge < -0.3 is 14.5 Å². The van der Waals surface area contributed by atoms with Gasteiger partial charge in [0.05, 0.1) is 11.8 Å². The molecule has 1 aromatic heterocycles. The predicted octanol–water partition coefficient (Wildman–Crippen LogP) is 1.25. The molecule has 1 atom stereocenters. The van der Waals surface area contributed by atoms with Gasteiger partial charge in [0.2, 0.25) is 0 Å². The second-order valence-electron chi connectivity index (χ2n) is 4.31. The monoisotopic (exact) mass is 240 g/mol. The lowest BCUT2D eigenvalue weighted by molar-refractivity contribution is -0.142. The first-order valence-corrected chi connectivity index (χ1v) is 5.32. The molecule has 0 spiro atoms. The lowest BCUT2D eigenvalue weighted by atomic mass is 10.0. The van der Waals surface area contributed by atoms with Crippen LogP contribution in [-0.2, 0) is 4.79 Å². The molecular weight excluding hydrogens is 224 g/mol. The molecule has 0 bridgehead atoms. The molecule has 1 N–H and O–H groups in total. The average Bonchev–Trinajstić information content (AvgIpc) is 2.76. The number of hydrogen-bond donors (Lipinski definition) is 1. The summed E-state index contributed by atoms with van der Waals surface area (Å²) in [5.41, 5.74) is 0.252. The highest BCUT2D eigenvalue weighted by molar-refractivity contribution is 5.95. The van der Waals surface area contributed by atoms with Gasteiger partial charge in [-0.1, -0.05) is 19.0 Å². The lowest BCUT2D eigenvalue weighted by Crippen LogP contribution is -2.43. The fourth-order valence-corrected chi connectivity index (χ4v) is 1.53. The van der Waals surface area contributed by atoms with Crippen molar-refractivity contribution in [2.75, 3.05) is 7.05 Å². The zero-order chi connectivity index (χ0) is 13.0. The average molecular weight is 240 g/mol. The van der Waals surface area contributed by atoms with E-state index in [9.17, 15) is 9.59 Å². The third-order valence-electron chi connectivity index (χ3n) is 2.45. The Morgan fingerprint density at radius 1 is 1.53 bits per heavy atom. The van der Waals surface area contributed by atoms with Crippen LogP contribution in [0.5, 0.6) is 0 Å². The number of hydrogen-bond acceptors (Lipinski definition) is 4. The van der Waals surface area contributed by atoms with E-state index in [-0.39, 0.29) is 11.5 Å². The smallest absolute Gasteiger partial charge is 0.326 e. The van der Waals surface area contributed by atoms with E-state index >= 15 is 0 Å². The van der Waals surface area contributed by atoms with Crippen molar-refractivity contribution in [1.82, 2.24) is 10.1 Å². The Kier molecular flexibility index (Phi) is 4.25. The molecule has 0 fully saturated rings. The molecule has 1 rings (SSSR count). The van der Waals surface area contributed by atoms with Gasteiger partial charge in [0.25, 0.3) is 5.91 Å². The van der Waals surface area contributed by atoms with Gasteiger partial charge >= 0.3 is 5.97 Å². The van der Waals surface area contributed by atoms with E-state index in [1.54, 1.807) is 0 Å². The number of aliphatic carboxylic acids is 1. The summed E-state index contributed by atoms with van der Waals surface area (Å²) < 4.78 is 4.56. The second-order valence-corrected chi connectivity index (χ2v) is 4.31. The molecule has 0 aliphatic carbocycles. The summed E-state index contributed by atoms with van der Waals surface area (Å²) in [6, 6.07) is -0.836. The molecule has 1 heterocycles.